The summed E-state index contributed by atoms with van der Waals surface area (Å²) in [7, 11) is 1.33. The Kier molecular flexibility index (Phi) is 9.32. The number of thioether (sulfide) groups is 1. The van der Waals surface area contributed by atoms with Crippen LogP contribution in [0.15, 0.2) is 84.4 Å². The number of esters is 1. The van der Waals surface area contributed by atoms with Crippen molar-refractivity contribution in [2.75, 3.05) is 19.1 Å². The molecule has 0 radical (unpaired) electrons. The molecule has 1 amide bonds. The zero-order chi connectivity index (χ0) is 23.5. The minimum Gasteiger partial charge on any atom is -0.496 e. The molecule has 0 saturated heterocycles. The number of amides is 1. The van der Waals surface area contributed by atoms with Crippen LogP contribution in [0.5, 0.6) is 0 Å². The second-order valence-corrected chi connectivity index (χ2v) is 8.45. The lowest BCUT2D eigenvalue weighted by atomic mass is 9.89. The molecule has 1 aliphatic rings. The second kappa shape index (κ2) is 12.6. The highest BCUT2D eigenvalue weighted by molar-refractivity contribution is 7.98. The summed E-state index contributed by atoms with van der Waals surface area (Å²) in [6.07, 6.45) is 11.9. The number of hydrogen-bond acceptors (Lipinski definition) is 6. The van der Waals surface area contributed by atoms with Crippen LogP contribution in [0, 0.1) is 0 Å². The van der Waals surface area contributed by atoms with Crippen molar-refractivity contribution in [2.24, 2.45) is 0 Å². The lowest BCUT2D eigenvalue weighted by Crippen LogP contribution is -2.42. The van der Waals surface area contributed by atoms with E-state index in [-0.39, 0.29) is 5.91 Å². The summed E-state index contributed by atoms with van der Waals surface area (Å²) in [6, 6.07) is 12.9. The Hall–Kier alpha value is -3.32. The van der Waals surface area contributed by atoms with Crippen molar-refractivity contribution in [3.8, 4) is 0 Å². The Bertz CT molecular complexity index is 1030. The number of allylic oxidation sites excluding steroid dienone is 3. The Labute approximate surface area is 198 Å². The number of pyridine rings is 1. The van der Waals surface area contributed by atoms with Crippen LogP contribution in [-0.4, -0.2) is 42.0 Å². The summed E-state index contributed by atoms with van der Waals surface area (Å²) >= 11 is 1.61. The molecular weight excluding hydrogens is 436 g/mol. The Balaban J connectivity index is 1.80. The molecule has 172 valence electrons. The summed E-state index contributed by atoms with van der Waals surface area (Å²) < 4.78 is 10.6. The van der Waals surface area contributed by atoms with E-state index in [1.54, 1.807) is 36.5 Å². The van der Waals surface area contributed by atoms with Gasteiger partial charge in [-0.05, 0) is 47.3 Å². The molecule has 7 heteroatoms. The highest BCUT2D eigenvalue weighted by Crippen LogP contribution is 2.31. The number of benzene rings is 1. The molecule has 1 heterocycles. The second-order valence-electron chi connectivity index (χ2n) is 7.46. The predicted octanol–water partition coefficient (Wildman–Crippen LogP) is 4.31. The number of ether oxygens (including phenoxy) is 2. The molecule has 0 bridgehead atoms. The highest BCUT2D eigenvalue weighted by atomic mass is 32.2. The van der Waals surface area contributed by atoms with Gasteiger partial charge in [0.15, 0.2) is 0 Å². The number of nitrogens with one attached hydrogen (secondary N) is 1. The third-order valence-corrected chi connectivity index (χ3v) is 5.79. The fourth-order valence-electron chi connectivity index (χ4n) is 3.43. The van der Waals surface area contributed by atoms with Crippen LogP contribution in [0.4, 0.5) is 0 Å². The first kappa shape index (κ1) is 24.3. The molecule has 0 aliphatic heterocycles. The summed E-state index contributed by atoms with van der Waals surface area (Å²) in [6.45, 7) is 0.416. The number of carbonyl (C=O) groups is 2. The number of nitrogens with zero attached hydrogens (tertiary/aromatic N) is 1. The molecule has 33 heavy (non-hydrogen) atoms. The first-order valence-corrected chi connectivity index (χ1v) is 12.1. The lowest BCUT2D eigenvalue weighted by molar-refractivity contribution is -0.144. The molecule has 2 aromatic rings. The van der Waals surface area contributed by atoms with Gasteiger partial charge in [0.2, 0.25) is 0 Å². The first-order valence-electron chi connectivity index (χ1n) is 10.7. The van der Waals surface area contributed by atoms with Crippen molar-refractivity contribution in [3.05, 3.63) is 95.5 Å². The van der Waals surface area contributed by atoms with Crippen LogP contribution in [0.2, 0.25) is 0 Å². The van der Waals surface area contributed by atoms with E-state index in [1.807, 2.05) is 54.8 Å². The molecule has 1 aromatic heterocycles. The summed E-state index contributed by atoms with van der Waals surface area (Å²) in [4.78, 5) is 29.4. The van der Waals surface area contributed by atoms with Crippen LogP contribution in [0.3, 0.4) is 0 Å². The van der Waals surface area contributed by atoms with Crippen LogP contribution in [-0.2, 0) is 25.7 Å². The van der Waals surface area contributed by atoms with E-state index in [0.29, 0.717) is 25.0 Å². The van der Waals surface area contributed by atoms with Gasteiger partial charge in [0, 0.05) is 30.0 Å². The zero-order valence-electron chi connectivity index (χ0n) is 18.8. The minimum absolute atomic E-state index is 0.295. The van der Waals surface area contributed by atoms with Gasteiger partial charge in [-0.25, -0.2) is 4.79 Å². The number of carbonyl (C=O) groups excluding carboxylic acids is 2. The van der Waals surface area contributed by atoms with Gasteiger partial charge in [0.25, 0.3) is 5.91 Å². The molecule has 0 fully saturated rings. The molecular formula is C26H28N2O4S. The van der Waals surface area contributed by atoms with Gasteiger partial charge in [-0.2, -0.15) is 11.8 Å². The van der Waals surface area contributed by atoms with Crippen LogP contribution in [0.1, 0.15) is 24.0 Å². The molecule has 0 saturated carbocycles. The number of methoxy groups -OCH3 is 1. The molecule has 1 N–H and O–H groups in total. The van der Waals surface area contributed by atoms with Crippen molar-refractivity contribution in [1.29, 1.82) is 0 Å². The van der Waals surface area contributed by atoms with Crippen molar-refractivity contribution < 1.29 is 19.1 Å². The van der Waals surface area contributed by atoms with Crippen molar-refractivity contribution in [2.45, 2.75) is 25.5 Å². The van der Waals surface area contributed by atoms with E-state index < -0.39 is 12.0 Å². The molecule has 1 aliphatic carbocycles. The van der Waals surface area contributed by atoms with E-state index in [2.05, 4.69) is 10.3 Å². The molecule has 1 aromatic carbocycles. The van der Waals surface area contributed by atoms with Gasteiger partial charge in [0.05, 0.1) is 13.4 Å². The fraction of sp³-hybridized carbons (Fsp3) is 0.269. The monoisotopic (exact) mass is 464 g/mol. The maximum Gasteiger partial charge on any atom is 0.328 e. The average molecular weight is 465 g/mol. The smallest absolute Gasteiger partial charge is 0.328 e. The van der Waals surface area contributed by atoms with E-state index in [9.17, 15) is 9.59 Å². The maximum atomic E-state index is 13.2. The largest absolute Gasteiger partial charge is 0.496 e. The van der Waals surface area contributed by atoms with E-state index in [1.165, 1.54) is 7.11 Å². The molecule has 0 spiro atoms. The quantitative estimate of drug-likeness (QED) is 0.417. The van der Waals surface area contributed by atoms with Gasteiger partial charge in [0.1, 0.15) is 12.6 Å². The Morgan fingerprint density at radius 3 is 2.70 bits per heavy atom. The third-order valence-electron chi connectivity index (χ3n) is 5.15. The summed E-state index contributed by atoms with van der Waals surface area (Å²) in [5.74, 6) is 0.00197. The van der Waals surface area contributed by atoms with E-state index in [0.717, 1.165) is 28.0 Å². The van der Waals surface area contributed by atoms with Crippen LogP contribution in [0.25, 0.3) is 5.57 Å². The molecule has 1 atom stereocenters. The normalized spacial score (nSPS) is 15.3. The molecule has 0 unspecified atom stereocenters. The topological polar surface area (TPSA) is 77.5 Å². The standard InChI is InChI=1S/C26H28N2O4S/c1-31-26(30)24(12-14-33-2)28-25(29)22-11-10-19(15-23(22)21-8-4-3-5-9-21)17-32-18-20-7-6-13-27-16-20/h3-11,13,16-17,24H,12,14-15,18H2,1-2H3,(H,28,29)/t24-/m0/s1. The van der Waals surface area contributed by atoms with Gasteiger partial charge in [-0.1, -0.05) is 42.5 Å². The highest BCUT2D eigenvalue weighted by Gasteiger charge is 2.25. The van der Waals surface area contributed by atoms with Gasteiger partial charge in [-0.15, -0.1) is 0 Å². The fourth-order valence-corrected chi connectivity index (χ4v) is 3.90. The first-order chi connectivity index (χ1) is 16.1. The molecule has 6 nitrogen and oxygen atoms in total. The lowest BCUT2D eigenvalue weighted by Gasteiger charge is -2.21. The SMILES string of the molecule is COC(=O)[C@H](CCSC)NC(=O)C1=C(c2ccccc2)CC(=COCc2cccnc2)C=C1. The van der Waals surface area contributed by atoms with E-state index >= 15 is 0 Å². The maximum absolute atomic E-state index is 13.2. The minimum atomic E-state index is -0.687. The number of aromatic nitrogens is 1. The van der Waals surface area contributed by atoms with Crippen molar-refractivity contribution in [1.82, 2.24) is 10.3 Å². The zero-order valence-corrected chi connectivity index (χ0v) is 19.6. The summed E-state index contributed by atoms with van der Waals surface area (Å²) in [5, 5.41) is 2.86. The van der Waals surface area contributed by atoms with Gasteiger partial charge < -0.3 is 14.8 Å². The predicted molar refractivity (Wildman–Crippen MR) is 131 cm³/mol. The van der Waals surface area contributed by atoms with Gasteiger partial charge >= 0.3 is 5.97 Å². The van der Waals surface area contributed by atoms with Crippen LogP contribution < -0.4 is 5.32 Å². The average Bonchev–Trinajstić information content (AvgIpc) is 2.87. The Morgan fingerprint density at radius 2 is 2.00 bits per heavy atom. The summed E-state index contributed by atoms with van der Waals surface area (Å²) in [5.41, 5.74) is 4.28. The molecule has 3 rings (SSSR count). The Morgan fingerprint density at radius 1 is 1.18 bits per heavy atom. The van der Waals surface area contributed by atoms with Crippen LogP contribution >= 0.6 is 11.8 Å². The van der Waals surface area contributed by atoms with Crippen molar-refractivity contribution in [3.63, 3.8) is 0 Å². The third kappa shape index (κ3) is 7.08. The van der Waals surface area contributed by atoms with Gasteiger partial charge in [-0.3, -0.25) is 9.78 Å². The van der Waals surface area contributed by atoms with Crippen molar-refractivity contribution >= 4 is 29.2 Å². The number of hydrogen-bond donors (Lipinski definition) is 1. The number of rotatable bonds is 10. The van der Waals surface area contributed by atoms with E-state index in [4.69, 9.17) is 9.47 Å².